The molecule has 0 spiro atoms. The third-order valence-electron chi connectivity index (χ3n) is 9.26. The highest BCUT2D eigenvalue weighted by Gasteiger charge is 2.41. The molecule has 52 heavy (non-hydrogen) atoms. The molecule has 3 heterocycles. The summed E-state index contributed by atoms with van der Waals surface area (Å²) in [5, 5.41) is 14.6. The van der Waals surface area contributed by atoms with Crippen LogP contribution in [0.3, 0.4) is 0 Å². The van der Waals surface area contributed by atoms with Gasteiger partial charge in [-0.1, -0.05) is 140 Å². The van der Waals surface area contributed by atoms with Crippen molar-refractivity contribution in [1.82, 2.24) is 35.2 Å². The Hall–Kier alpha value is -6.80. The van der Waals surface area contributed by atoms with Crippen LogP contribution >= 0.6 is 0 Å². The molecular formula is C44H35N7O. The zero-order valence-electron chi connectivity index (χ0n) is 28.8. The van der Waals surface area contributed by atoms with Crippen LogP contribution in [0, 0.1) is 13.8 Å². The zero-order valence-corrected chi connectivity index (χ0v) is 28.8. The number of ether oxygens (including phenoxy) is 1. The highest BCUT2D eigenvalue weighted by atomic mass is 16.5. The van der Waals surface area contributed by atoms with Gasteiger partial charge in [0.15, 0.2) is 5.54 Å². The molecule has 0 aliphatic rings. The second-order valence-corrected chi connectivity index (χ2v) is 12.6. The Bertz CT molecular complexity index is 2320. The van der Waals surface area contributed by atoms with Crippen LogP contribution in [0.2, 0.25) is 0 Å². The lowest BCUT2D eigenvalue weighted by atomic mass is 9.77. The van der Waals surface area contributed by atoms with Crippen molar-refractivity contribution in [2.75, 3.05) is 0 Å². The van der Waals surface area contributed by atoms with Gasteiger partial charge in [0.05, 0.1) is 0 Å². The summed E-state index contributed by atoms with van der Waals surface area (Å²) < 4.78 is 6.40. The number of aryl methyl sites for hydroxylation is 2. The van der Waals surface area contributed by atoms with E-state index in [0.717, 1.165) is 67.2 Å². The van der Waals surface area contributed by atoms with Gasteiger partial charge in [-0.05, 0) is 52.4 Å². The third-order valence-corrected chi connectivity index (χ3v) is 9.26. The number of pyridine rings is 1. The van der Waals surface area contributed by atoms with Crippen LogP contribution in [-0.4, -0.2) is 35.2 Å². The summed E-state index contributed by atoms with van der Waals surface area (Å²) in [5.74, 6) is 1.29. The molecule has 0 atom stereocenters. The normalized spacial score (nSPS) is 11.3. The lowest BCUT2D eigenvalue weighted by Crippen LogP contribution is -2.39. The molecule has 8 aromatic rings. The first-order chi connectivity index (χ1) is 25.6. The lowest BCUT2D eigenvalue weighted by Gasteiger charge is -2.34. The number of hydrogen-bond donors (Lipinski definition) is 0. The molecule has 8 heteroatoms. The number of rotatable bonds is 10. The fraction of sp³-hybridized carbons (Fsp3) is 0.0909. The number of benzene rings is 5. The Labute approximate surface area is 302 Å². The van der Waals surface area contributed by atoms with Crippen molar-refractivity contribution in [2.45, 2.75) is 26.0 Å². The first-order valence-electron chi connectivity index (χ1n) is 17.1. The second-order valence-electron chi connectivity index (χ2n) is 12.6. The van der Waals surface area contributed by atoms with E-state index in [9.17, 15) is 0 Å². The molecule has 8 nitrogen and oxygen atoms in total. The molecule has 252 valence electrons. The van der Waals surface area contributed by atoms with Gasteiger partial charge in [0.1, 0.15) is 18.7 Å². The number of hydrogen-bond acceptors (Lipinski definition) is 7. The van der Waals surface area contributed by atoms with Crippen LogP contribution in [0.5, 0.6) is 5.75 Å². The van der Waals surface area contributed by atoms with Crippen molar-refractivity contribution >= 4 is 0 Å². The van der Waals surface area contributed by atoms with E-state index < -0.39 is 5.54 Å². The number of nitrogens with zero attached hydrogens (tertiary/aromatic N) is 7. The van der Waals surface area contributed by atoms with Gasteiger partial charge in [0.2, 0.25) is 5.82 Å². The quantitative estimate of drug-likeness (QED) is 0.134. The SMILES string of the molecule is Cc1cc(OCc2ccc(-c3ccccc3-c3nnn(C(c4ccccc4)(c4ccccc4)c4ccccc4)n3)cc2)c(-c2cncnc2)c(C)n1. The molecular weight excluding hydrogens is 643 g/mol. The molecule has 0 aliphatic carbocycles. The summed E-state index contributed by atoms with van der Waals surface area (Å²) in [7, 11) is 0. The molecule has 0 amide bonds. The van der Waals surface area contributed by atoms with E-state index in [-0.39, 0.29) is 0 Å². The van der Waals surface area contributed by atoms with E-state index in [1.807, 2.05) is 92.7 Å². The minimum absolute atomic E-state index is 0.391. The summed E-state index contributed by atoms with van der Waals surface area (Å²) >= 11 is 0. The van der Waals surface area contributed by atoms with Crippen LogP contribution in [0.15, 0.2) is 164 Å². The first-order valence-corrected chi connectivity index (χ1v) is 17.1. The molecule has 0 fully saturated rings. The first kappa shape index (κ1) is 32.4. The Morgan fingerprint density at radius 3 is 1.77 bits per heavy atom. The molecule has 0 radical (unpaired) electrons. The van der Waals surface area contributed by atoms with Crippen LogP contribution in [0.25, 0.3) is 33.6 Å². The standard InChI is InChI=1S/C44H35N7O/c1-31-26-41(42(32(2)47-31)35-27-45-30-46-28-35)52-29-33-22-24-34(25-23-33)39-20-12-13-21-40(39)43-48-50-51(49-43)44(36-14-6-3-7-15-36,37-16-8-4-9-17-37)38-18-10-5-11-19-38/h3-28,30H,29H2,1-2H3. The Balaban J connectivity index is 1.13. The minimum Gasteiger partial charge on any atom is -0.488 e. The number of aromatic nitrogens is 7. The highest BCUT2D eigenvalue weighted by molar-refractivity contribution is 5.80. The maximum absolute atomic E-state index is 6.40. The molecule has 0 saturated heterocycles. The lowest BCUT2D eigenvalue weighted by molar-refractivity contribution is 0.307. The van der Waals surface area contributed by atoms with E-state index in [2.05, 4.69) is 81.7 Å². The second kappa shape index (κ2) is 14.2. The molecule has 5 aromatic carbocycles. The van der Waals surface area contributed by atoms with Gasteiger partial charge in [-0.3, -0.25) is 4.98 Å². The molecule has 0 unspecified atom stereocenters. The summed E-state index contributed by atoms with van der Waals surface area (Å²) in [5.41, 5.74) is 9.72. The van der Waals surface area contributed by atoms with Crippen LogP contribution in [0.4, 0.5) is 0 Å². The third kappa shape index (κ3) is 6.11. The van der Waals surface area contributed by atoms with Crippen molar-refractivity contribution in [1.29, 1.82) is 0 Å². The smallest absolute Gasteiger partial charge is 0.205 e. The van der Waals surface area contributed by atoms with Crippen molar-refractivity contribution in [3.8, 4) is 39.4 Å². The number of tetrazole rings is 1. The van der Waals surface area contributed by atoms with E-state index >= 15 is 0 Å². The maximum atomic E-state index is 6.40. The van der Waals surface area contributed by atoms with E-state index in [0.29, 0.717) is 12.4 Å². The summed E-state index contributed by atoms with van der Waals surface area (Å²) in [4.78, 5) is 14.8. The van der Waals surface area contributed by atoms with Crippen LogP contribution < -0.4 is 4.74 Å². The predicted octanol–water partition coefficient (Wildman–Crippen LogP) is 8.90. The minimum atomic E-state index is -0.856. The monoisotopic (exact) mass is 677 g/mol. The molecule has 0 aliphatic heterocycles. The van der Waals surface area contributed by atoms with Gasteiger partial charge in [0, 0.05) is 46.5 Å². The van der Waals surface area contributed by atoms with Crippen molar-refractivity contribution in [2.24, 2.45) is 0 Å². The highest BCUT2D eigenvalue weighted by Crippen LogP contribution is 2.40. The zero-order chi connectivity index (χ0) is 35.3. The maximum Gasteiger partial charge on any atom is 0.205 e. The van der Waals surface area contributed by atoms with Crippen molar-refractivity contribution in [3.05, 3.63) is 198 Å². The van der Waals surface area contributed by atoms with Gasteiger partial charge in [0.25, 0.3) is 0 Å². The van der Waals surface area contributed by atoms with E-state index in [1.165, 1.54) is 6.33 Å². The van der Waals surface area contributed by atoms with E-state index in [4.69, 9.17) is 20.1 Å². The Morgan fingerprint density at radius 2 is 1.17 bits per heavy atom. The fourth-order valence-corrected chi connectivity index (χ4v) is 6.91. The average molecular weight is 678 g/mol. The van der Waals surface area contributed by atoms with Gasteiger partial charge in [-0.15, -0.1) is 15.0 Å². The van der Waals surface area contributed by atoms with Crippen LogP contribution in [0.1, 0.15) is 33.6 Å². The Morgan fingerprint density at radius 1 is 0.615 bits per heavy atom. The fourth-order valence-electron chi connectivity index (χ4n) is 6.91. The summed E-state index contributed by atoms with van der Waals surface area (Å²) in [6.45, 7) is 4.34. The average Bonchev–Trinajstić information content (AvgIpc) is 3.69. The summed E-state index contributed by atoms with van der Waals surface area (Å²) in [6, 6.07) is 49.6. The van der Waals surface area contributed by atoms with E-state index in [1.54, 1.807) is 17.2 Å². The van der Waals surface area contributed by atoms with Gasteiger partial charge in [-0.25, -0.2) is 9.97 Å². The molecule has 3 aromatic heterocycles. The predicted molar refractivity (Wildman–Crippen MR) is 202 cm³/mol. The molecule has 0 bridgehead atoms. The largest absolute Gasteiger partial charge is 0.488 e. The molecule has 8 rings (SSSR count). The molecule has 0 saturated carbocycles. The molecule has 0 N–H and O–H groups in total. The van der Waals surface area contributed by atoms with Crippen molar-refractivity contribution in [3.63, 3.8) is 0 Å². The topological polar surface area (TPSA) is 91.5 Å². The van der Waals surface area contributed by atoms with Gasteiger partial charge >= 0.3 is 0 Å². The summed E-state index contributed by atoms with van der Waals surface area (Å²) in [6.07, 6.45) is 5.08. The van der Waals surface area contributed by atoms with Gasteiger partial charge < -0.3 is 4.74 Å². The van der Waals surface area contributed by atoms with Crippen LogP contribution in [-0.2, 0) is 12.1 Å². The van der Waals surface area contributed by atoms with Gasteiger partial charge in [-0.2, -0.15) is 0 Å². The van der Waals surface area contributed by atoms with Crippen molar-refractivity contribution < 1.29 is 4.74 Å². The Kier molecular flexibility index (Phi) is 8.85.